The van der Waals surface area contributed by atoms with Crippen molar-refractivity contribution in [3.05, 3.63) is 30.0 Å². The lowest BCUT2D eigenvalue weighted by Crippen LogP contribution is -2.30. The van der Waals surface area contributed by atoms with Crippen LogP contribution in [0.1, 0.15) is 5.56 Å². The second kappa shape index (κ2) is 5.59. The van der Waals surface area contributed by atoms with Gasteiger partial charge >= 0.3 is 0 Å². The normalized spacial score (nSPS) is 14.4. The van der Waals surface area contributed by atoms with E-state index in [9.17, 15) is 0 Å². The maximum absolute atomic E-state index is 7.43. The Kier molecular flexibility index (Phi) is 3.88. The predicted molar refractivity (Wildman–Crippen MR) is 76.6 cm³/mol. The SMILES string of the molecule is COc1ccc2c(c1)/C(=C/NNC(=N)SC)C=N2. The number of rotatable bonds is 3. The number of aliphatic imine (C=N–C) groups is 1. The quantitative estimate of drug-likeness (QED) is 0.443. The van der Waals surface area contributed by atoms with Crippen LogP contribution < -0.4 is 15.6 Å². The average molecular weight is 262 g/mol. The number of ether oxygens (including phenoxy) is 1. The summed E-state index contributed by atoms with van der Waals surface area (Å²) < 4.78 is 5.19. The fraction of sp³-hybridized carbons (Fsp3) is 0.167. The third-order valence-electron chi connectivity index (χ3n) is 2.47. The van der Waals surface area contributed by atoms with Crippen LogP contribution in [0.2, 0.25) is 0 Å². The highest BCUT2D eigenvalue weighted by Crippen LogP contribution is 2.33. The highest BCUT2D eigenvalue weighted by molar-refractivity contribution is 8.13. The smallest absolute Gasteiger partial charge is 0.172 e. The second-order valence-electron chi connectivity index (χ2n) is 3.54. The molecule has 1 aromatic rings. The van der Waals surface area contributed by atoms with Crippen LogP contribution in [0.4, 0.5) is 5.69 Å². The lowest BCUT2D eigenvalue weighted by atomic mass is 10.1. The second-order valence-corrected chi connectivity index (χ2v) is 4.36. The highest BCUT2D eigenvalue weighted by Gasteiger charge is 2.12. The van der Waals surface area contributed by atoms with E-state index >= 15 is 0 Å². The Morgan fingerprint density at radius 3 is 3.06 bits per heavy atom. The monoisotopic (exact) mass is 262 g/mol. The molecule has 0 bridgehead atoms. The molecule has 0 aliphatic carbocycles. The van der Waals surface area contributed by atoms with E-state index in [2.05, 4.69) is 15.8 Å². The van der Waals surface area contributed by atoms with Gasteiger partial charge in [0.05, 0.1) is 12.8 Å². The Bertz CT molecular complexity index is 525. The first kappa shape index (κ1) is 12.5. The molecule has 0 aromatic heterocycles. The van der Waals surface area contributed by atoms with E-state index in [0.29, 0.717) is 5.17 Å². The molecule has 2 rings (SSSR count). The van der Waals surface area contributed by atoms with Gasteiger partial charge in [-0.05, 0) is 24.5 Å². The molecule has 94 valence electrons. The first-order chi connectivity index (χ1) is 8.74. The Morgan fingerprint density at radius 2 is 2.33 bits per heavy atom. The third-order valence-corrected chi connectivity index (χ3v) is 2.99. The number of nitrogens with one attached hydrogen (secondary N) is 3. The summed E-state index contributed by atoms with van der Waals surface area (Å²) in [6.07, 6.45) is 5.39. The molecule has 0 spiro atoms. The van der Waals surface area contributed by atoms with Crippen molar-refractivity contribution in [1.82, 2.24) is 10.9 Å². The number of hydrogen-bond acceptors (Lipinski definition) is 5. The van der Waals surface area contributed by atoms with E-state index in [1.54, 1.807) is 19.5 Å². The van der Waals surface area contributed by atoms with Gasteiger partial charge < -0.3 is 10.2 Å². The third kappa shape index (κ3) is 2.65. The molecule has 1 heterocycles. The molecule has 0 saturated carbocycles. The molecule has 0 amide bonds. The maximum Gasteiger partial charge on any atom is 0.172 e. The summed E-state index contributed by atoms with van der Waals surface area (Å²) in [6, 6.07) is 5.74. The van der Waals surface area contributed by atoms with Gasteiger partial charge in [-0.3, -0.25) is 15.8 Å². The molecule has 0 saturated heterocycles. The van der Waals surface area contributed by atoms with E-state index in [0.717, 1.165) is 22.6 Å². The number of benzene rings is 1. The average Bonchev–Trinajstić information content (AvgIpc) is 2.81. The molecule has 5 nitrogen and oxygen atoms in total. The standard InChI is InChI=1S/C12H14N4OS/c1-17-9-3-4-11-10(5-9)8(6-14-11)7-15-16-12(13)18-2/h3-7,15H,1-2H3,(H2,13,16)/b8-7+. The van der Waals surface area contributed by atoms with E-state index in [1.165, 1.54) is 11.8 Å². The Labute approximate surface area is 110 Å². The number of hydrazine groups is 1. The lowest BCUT2D eigenvalue weighted by Gasteiger charge is -2.06. The Morgan fingerprint density at radius 1 is 1.50 bits per heavy atom. The van der Waals surface area contributed by atoms with E-state index < -0.39 is 0 Å². The molecule has 18 heavy (non-hydrogen) atoms. The van der Waals surface area contributed by atoms with Gasteiger partial charge in [0.1, 0.15) is 5.75 Å². The van der Waals surface area contributed by atoms with Crippen LogP contribution in [0, 0.1) is 5.41 Å². The van der Waals surface area contributed by atoms with Gasteiger partial charge in [0.25, 0.3) is 0 Å². The number of thioether (sulfide) groups is 1. The van der Waals surface area contributed by atoms with Gasteiger partial charge in [-0.1, -0.05) is 11.8 Å². The minimum absolute atomic E-state index is 0.354. The summed E-state index contributed by atoms with van der Waals surface area (Å²) in [4.78, 5) is 4.30. The van der Waals surface area contributed by atoms with Crippen LogP contribution in [0.25, 0.3) is 5.57 Å². The fourth-order valence-corrected chi connectivity index (χ4v) is 1.70. The lowest BCUT2D eigenvalue weighted by molar-refractivity contribution is 0.415. The first-order valence-corrected chi connectivity index (χ1v) is 6.54. The molecule has 0 radical (unpaired) electrons. The van der Waals surface area contributed by atoms with Crippen LogP contribution >= 0.6 is 11.8 Å². The van der Waals surface area contributed by atoms with E-state index in [-0.39, 0.29) is 0 Å². The summed E-state index contributed by atoms with van der Waals surface area (Å²) in [5, 5.41) is 7.78. The van der Waals surface area contributed by atoms with Gasteiger partial charge in [-0.2, -0.15) is 0 Å². The largest absolute Gasteiger partial charge is 0.497 e. The van der Waals surface area contributed by atoms with Crippen LogP contribution in [0.3, 0.4) is 0 Å². The van der Waals surface area contributed by atoms with Gasteiger partial charge in [0, 0.05) is 23.6 Å². The summed E-state index contributed by atoms with van der Waals surface area (Å²) in [5.41, 5.74) is 8.50. The fourth-order valence-electron chi connectivity index (χ4n) is 1.54. The van der Waals surface area contributed by atoms with E-state index in [4.69, 9.17) is 10.1 Å². The van der Waals surface area contributed by atoms with Crippen molar-refractivity contribution in [2.45, 2.75) is 0 Å². The zero-order valence-electron chi connectivity index (χ0n) is 10.2. The Hall–Kier alpha value is -1.95. The van der Waals surface area contributed by atoms with Crippen LogP contribution in [0.15, 0.2) is 29.4 Å². The van der Waals surface area contributed by atoms with Crippen molar-refractivity contribution in [2.24, 2.45) is 4.99 Å². The zero-order chi connectivity index (χ0) is 13.0. The Balaban J connectivity index is 2.12. The highest BCUT2D eigenvalue weighted by atomic mass is 32.2. The first-order valence-electron chi connectivity index (χ1n) is 5.31. The topological polar surface area (TPSA) is 69.5 Å². The predicted octanol–water partition coefficient (Wildman–Crippen LogP) is 2.14. The summed E-state index contributed by atoms with van der Waals surface area (Å²) in [6.45, 7) is 0. The number of nitrogens with zero attached hydrogens (tertiary/aromatic N) is 1. The zero-order valence-corrected chi connectivity index (χ0v) is 11.0. The summed E-state index contributed by atoms with van der Waals surface area (Å²) >= 11 is 1.33. The molecule has 0 atom stereocenters. The van der Waals surface area contributed by atoms with Gasteiger partial charge in [-0.25, -0.2) is 0 Å². The van der Waals surface area contributed by atoms with Crippen molar-refractivity contribution < 1.29 is 4.74 Å². The van der Waals surface area contributed by atoms with Crippen molar-refractivity contribution in [1.29, 1.82) is 5.41 Å². The molecular weight excluding hydrogens is 248 g/mol. The van der Waals surface area contributed by atoms with Crippen molar-refractivity contribution in [3.8, 4) is 5.75 Å². The molecule has 1 aromatic carbocycles. The van der Waals surface area contributed by atoms with Crippen LogP contribution in [-0.2, 0) is 0 Å². The van der Waals surface area contributed by atoms with Gasteiger partial charge in [0.15, 0.2) is 5.17 Å². The molecule has 1 aliphatic rings. The number of methoxy groups -OCH3 is 1. The molecule has 3 N–H and O–H groups in total. The van der Waals surface area contributed by atoms with Crippen LogP contribution in [-0.4, -0.2) is 24.7 Å². The summed E-state index contributed by atoms with van der Waals surface area (Å²) in [7, 11) is 1.64. The minimum atomic E-state index is 0.354. The van der Waals surface area contributed by atoms with E-state index in [1.807, 2.05) is 24.5 Å². The number of allylic oxidation sites excluding steroid dienone is 1. The van der Waals surface area contributed by atoms with Crippen LogP contribution in [0.5, 0.6) is 5.75 Å². The molecule has 0 fully saturated rings. The summed E-state index contributed by atoms with van der Waals surface area (Å²) in [5.74, 6) is 0.801. The van der Waals surface area contributed by atoms with Crippen molar-refractivity contribution in [3.63, 3.8) is 0 Å². The molecule has 1 aliphatic heterocycles. The molecule has 0 unspecified atom stereocenters. The molecule has 6 heteroatoms. The van der Waals surface area contributed by atoms with Gasteiger partial charge in [0.2, 0.25) is 0 Å². The van der Waals surface area contributed by atoms with Crippen molar-refractivity contribution in [2.75, 3.05) is 13.4 Å². The number of amidine groups is 1. The van der Waals surface area contributed by atoms with Gasteiger partial charge in [-0.15, -0.1) is 0 Å². The number of hydrogen-bond donors (Lipinski definition) is 3. The number of fused-ring (bicyclic) bond motifs is 1. The minimum Gasteiger partial charge on any atom is -0.497 e. The van der Waals surface area contributed by atoms with Crippen molar-refractivity contribution >= 4 is 34.4 Å². The molecular formula is C12H14N4OS. The maximum atomic E-state index is 7.43.